The summed E-state index contributed by atoms with van der Waals surface area (Å²) >= 11 is 1.48. The highest BCUT2D eigenvalue weighted by Crippen LogP contribution is 2.33. The van der Waals surface area contributed by atoms with E-state index in [1.165, 1.54) is 11.8 Å². The summed E-state index contributed by atoms with van der Waals surface area (Å²) in [7, 11) is 0. The van der Waals surface area contributed by atoms with Crippen molar-refractivity contribution >= 4 is 17.7 Å². The van der Waals surface area contributed by atoms with Gasteiger partial charge in [0.05, 0.1) is 4.91 Å². The summed E-state index contributed by atoms with van der Waals surface area (Å²) in [6.07, 6.45) is 2.91. The molecule has 0 aliphatic carbocycles. The van der Waals surface area contributed by atoms with Gasteiger partial charge in [-0.25, -0.2) is 4.79 Å². The van der Waals surface area contributed by atoms with Crippen molar-refractivity contribution in [2.24, 2.45) is 5.92 Å². The lowest BCUT2D eigenvalue weighted by Crippen LogP contribution is -2.16. The first kappa shape index (κ1) is 12.2. The van der Waals surface area contributed by atoms with Crippen molar-refractivity contribution in [2.45, 2.75) is 31.3 Å². The molecule has 1 heterocycles. The minimum absolute atomic E-state index is 0.0567. The van der Waals surface area contributed by atoms with Crippen LogP contribution in [-0.2, 0) is 9.53 Å². The van der Waals surface area contributed by atoms with Gasteiger partial charge in [-0.3, -0.25) is 0 Å². The van der Waals surface area contributed by atoms with Crippen LogP contribution in [0.3, 0.4) is 0 Å². The second-order valence-corrected chi connectivity index (χ2v) is 5.32. The van der Waals surface area contributed by atoms with E-state index in [2.05, 4.69) is 13.8 Å². The van der Waals surface area contributed by atoms with Crippen LogP contribution in [0.15, 0.2) is 46.2 Å². The van der Waals surface area contributed by atoms with Crippen LogP contribution in [0.4, 0.5) is 0 Å². The molecule has 0 bridgehead atoms. The summed E-state index contributed by atoms with van der Waals surface area (Å²) in [4.78, 5) is 13.5. The van der Waals surface area contributed by atoms with Crippen molar-refractivity contribution in [1.29, 1.82) is 0 Å². The number of rotatable bonds is 4. The lowest BCUT2D eigenvalue weighted by Gasteiger charge is -2.13. The lowest BCUT2D eigenvalue weighted by atomic mass is 10.0. The number of benzene rings is 1. The third-order valence-electron chi connectivity index (χ3n) is 2.94. The van der Waals surface area contributed by atoms with E-state index in [4.69, 9.17) is 4.74 Å². The number of cyclic esters (lactones) is 1. The van der Waals surface area contributed by atoms with Gasteiger partial charge in [0.25, 0.3) is 0 Å². The van der Waals surface area contributed by atoms with Crippen LogP contribution < -0.4 is 0 Å². The molecule has 1 aliphatic heterocycles. The number of carbonyl (C=O) groups is 1. The number of ether oxygens (including phenoxy) is 1. The van der Waals surface area contributed by atoms with Gasteiger partial charge < -0.3 is 4.74 Å². The summed E-state index contributed by atoms with van der Waals surface area (Å²) < 4.78 is 5.35. The number of esters is 1. The second-order valence-electron chi connectivity index (χ2n) is 4.20. The lowest BCUT2D eigenvalue weighted by molar-refractivity contribution is -0.140. The third kappa shape index (κ3) is 2.91. The van der Waals surface area contributed by atoms with Crippen molar-refractivity contribution in [2.75, 3.05) is 0 Å². The zero-order valence-corrected chi connectivity index (χ0v) is 10.9. The highest BCUT2D eigenvalue weighted by molar-refractivity contribution is 8.04. The molecule has 3 heteroatoms. The Morgan fingerprint density at radius 2 is 2.06 bits per heavy atom. The molecule has 0 amide bonds. The predicted octanol–water partition coefficient (Wildman–Crippen LogP) is 3.63. The topological polar surface area (TPSA) is 26.3 Å². The van der Waals surface area contributed by atoms with E-state index < -0.39 is 0 Å². The highest BCUT2D eigenvalue weighted by Gasteiger charge is 2.29. The molecule has 2 nitrogen and oxygen atoms in total. The average molecular weight is 248 g/mol. The Bertz CT molecular complexity index is 425. The summed E-state index contributed by atoms with van der Waals surface area (Å²) in [5.41, 5.74) is 0. The molecule has 1 aromatic rings. The summed E-state index contributed by atoms with van der Waals surface area (Å²) in [6.45, 7) is 4.21. The van der Waals surface area contributed by atoms with Gasteiger partial charge in [-0.2, -0.15) is 0 Å². The first-order valence-corrected chi connectivity index (χ1v) is 6.68. The molecule has 2 unspecified atom stereocenters. The Morgan fingerprint density at radius 1 is 1.35 bits per heavy atom. The fraction of sp³-hybridized carbons (Fsp3) is 0.357. The smallest absolute Gasteiger partial charge is 0.345 e. The summed E-state index contributed by atoms with van der Waals surface area (Å²) in [5, 5.41) is 0. The molecule has 17 heavy (non-hydrogen) atoms. The molecule has 2 rings (SSSR count). The molecule has 0 aromatic heterocycles. The second kappa shape index (κ2) is 5.41. The SMILES string of the molecule is CCC(C)C1C=C(Sc2ccccc2)C(=O)O1. The van der Waals surface area contributed by atoms with Crippen molar-refractivity contribution in [3.8, 4) is 0 Å². The molecule has 2 atom stereocenters. The maximum absolute atomic E-state index is 11.7. The van der Waals surface area contributed by atoms with E-state index in [9.17, 15) is 4.79 Å². The van der Waals surface area contributed by atoms with E-state index in [1.54, 1.807) is 0 Å². The number of hydrogen-bond acceptors (Lipinski definition) is 3. The molecular weight excluding hydrogens is 232 g/mol. The first-order valence-electron chi connectivity index (χ1n) is 5.86. The number of hydrogen-bond donors (Lipinski definition) is 0. The average Bonchev–Trinajstić information content (AvgIpc) is 2.71. The molecule has 0 N–H and O–H groups in total. The normalized spacial score (nSPS) is 20.9. The largest absolute Gasteiger partial charge is 0.454 e. The zero-order valence-electron chi connectivity index (χ0n) is 10.1. The van der Waals surface area contributed by atoms with Crippen molar-refractivity contribution in [3.63, 3.8) is 0 Å². The Labute approximate surface area is 106 Å². The molecule has 0 saturated carbocycles. The number of thioether (sulfide) groups is 1. The first-order chi connectivity index (χ1) is 8.20. The zero-order chi connectivity index (χ0) is 12.3. The standard InChI is InChI=1S/C14H16O2S/c1-3-10(2)12-9-13(14(15)16-12)17-11-7-5-4-6-8-11/h4-10,12H,3H2,1-2H3. The Morgan fingerprint density at radius 3 is 2.71 bits per heavy atom. The van der Waals surface area contributed by atoms with Crippen molar-refractivity contribution < 1.29 is 9.53 Å². The van der Waals surface area contributed by atoms with Crippen LogP contribution in [0.25, 0.3) is 0 Å². The minimum atomic E-state index is -0.191. The number of carbonyl (C=O) groups excluding carboxylic acids is 1. The van der Waals surface area contributed by atoms with Crippen LogP contribution >= 0.6 is 11.8 Å². The Kier molecular flexibility index (Phi) is 3.89. The molecule has 0 radical (unpaired) electrons. The van der Waals surface area contributed by atoms with Gasteiger partial charge >= 0.3 is 5.97 Å². The van der Waals surface area contributed by atoms with Crippen LogP contribution in [0, 0.1) is 5.92 Å². The van der Waals surface area contributed by atoms with Gasteiger partial charge in [-0.05, 0) is 30.5 Å². The van der Waals surface area contributed by atoms with E-state index in [0.29, 0.717) is 10.8 Å². The molecule has 0 spiro atoms. The van der Waals surface area contributed by atoms with Gasteiger partial charge in [0.1, 0.15) is 6.10 Å². The van der Waals surface area contributed by atoms with Crippen LogP contribution in [0.1, 0.15) is 20.3 Å². The highest BCUT2D eigenvalue weighted by atomic mass is 32.2. The molecule has 0 saturated heterocycles. The van der Waals surface area contributed by atoms with Gasteiger partial charge in [-0.1, -0.05) is 43.8 Å². The molecule has 90 valence electrons. The van der Waals surface area contributed by atoms with E-state index in [1.807, 2.05) is 36.4 Å². The monoisotopic (exact) mass is 248 g/mol. The van der Waals surface area contributed by atoms with Gasteiger partial charge in [-0.15, -0.1) is 0 Å². The Balaban J connectivity index is 2.08. The van der Waals surface area contributed by atoms with Gasteiger partial charge in [0, 0.05) is 4.90 Å². The summed E-state index contributed by atoms with van der Waals surface area (Å²) in [6, 6.07) is 9.89. The fourth-order valence-electron chi connectivity index (χ4n) is 1.64. The maximum atomic E-state index is 11.7. The third-order valence-corrected chi connectivity index (χ3v) is 3.97. The van der Waals surface area contributed by atoms with E-state index in [0.717, 1.165) is 11.3 Å². The van der Waals surface area contributed by atoms with E-state index in [-0.39, 0.29) is 12.1 Å². The quantitative estimate of drug-likeness (QED) is 0.761. The molecule has 1 aromatic carbocycles. The molecular formula is C14H16O2S. The molecule has 1 aliphatic rings. The predicted molar refractivity (Wildman–Crippen MR) is 69.7 cm³/mol. The minimum Gasteiger partial charge on any atom is -0.454 e. The van der Waals surface area contributed by atoms with Crippen LogP contribution in [0.5, 0.6) is 0 Å². The van der Waals surface area contributed by atoms with Gasteiger partial charge in [0.15, 0.2) is 0 Å². The van der Waals surface area contributed by atoms with Crippen molar-refractivity contribution in [1.82, 2.24) is 0 Å². The van der Waals surface area contributed by atoms with Crippen LogP contribution in [-0.4, -0.2) is 12.1 Å². The van der Waals surface area contributed by atoms with Crippen molar-refractivity contribution in [3.05, 3.63) is 41.3 Å². The Hall–Kier alpha value is -1.22. The van der Waals surface area contributed by atoms with Crippen LogP contribution in [0.2, 0.25) is 0 Å². The van der Waals surface area contributed by atoms with E-state index >= 15 is 0 Å². The summed E-state index contributed by atoms with van der Waals surface area (Å²) in [5.74, 6) is 0.192. The molecule has 0 fully saturated rings. The maximum Gasteiger partial charge on any atom is 0.345 e. The van der Waals surface area contributed by atoms with Gasteiger partial charge in [0.2, 0.25) is 0 Å². The fourth-order valence-corrected chi connectivity index (χ4v) is 2.52.